The molecule has 0 aliphatic rings. The van der Waals surface area contributed by atoms with Crippen molar-refractivity contribution >= 4 is 14.0 Å². The van der Waals surface area contributed by atoms with Gasteiger partial charge in [-0.1, -0.05) is 25.6 Å². The third-order valence-corrected chi connectivity index (χ3v) is 3.09. The maximum atomic E-state index is 11.3. The molecule has 0 atom stereocenters. The lowest BCUT2D eigenvalue weighted by Crippen LogP contribution is -2.16. The topological polar surface area (TPSA) is 26.3 Å². The highest BCUT2D eigenvalue weighted by Crippen LogP contribution is 2.11. The Morgan fingerprint density at radius 1 is 1.29 bits per heavy atom. The van der Waals surface area contributed by atoms with Gasteiger partial charge in [0.2, 0.25) is 0 Å². The van der Waals surface area contributed by atoms with Gasteiger partial charge in [-0.05, 0) is 30.7 Å². The summed E-state index contributed by atoms with van der Waals surface area (Å²) in [6.07, 6.45) is 0. The van der Waals surface area contributed by atoms with E-state index in [1.807, 2.05) is 19.1 Å². The van der Waals surface area contributed by atoms with Crippen molar-refractivity contribution in [3.63, 3.8) is 0 Å². The molecule has 90 valence electrons. The number of hydrogen-bond acceptors (Lipinski definition) is 2. The third-order valence-electron chi connectivity index (χ3n) is 2.22. The van der Waals surface area contributed by atoms with E-state index in [9.17, 15) is 4.79 Å². The normalized spacial score (nSPS) is 10.4. The first-order valence-corrected chi connectivity index (χ1v) is 9.05. The van der Waals surface area contributed by atoms with Gasteiger partial charge in [0, 0.05) is 5.56 Å². The fourth-order valence-electron chi connectivity index (χ4n) is 1.30. The van der Waals surface area contributed by atoms with Gasteiger partial charge in [0.1, 0.15) is 8.07 Å². The maximum absolute atomic E-state index is 11.3. The Labute approximate surface area is 104 Å². The van der Waals surface area contributed by atoms with Gasteiger partial charge in [0.25, 0.3) is 0 Å². The van der Waals surface area contributed by atoms with Crippen LogP contribution in [0.2, 0.25) is 19.6 Å². The predicted molar refractivity (Wildman–Crippen MR) is 72.7 cm³/mol. The molecule has 0 aliphatic heterocycles. The number of hydrogen-bond donors (Lipinski definition) is 0. The van der Waals surface area contributed by atoms with Gasteiger partial charge in [0.05, 0.1) is 12.7 Å². The minimum Gasteiger partial charge on any atom is -0.465 e. The van der Waals surface area contributed by atoms with Crippen molar-refractivity contribution in [1.29, 1.82) is 0 Å². The molecule has 0 N–H and O–H groups in total. The van der Waals surface area contributed by atoms with Crippen LogP contribution in [0.5, 0.6) is 0 Å². The number of carbonyl (C=O) groups excluding carboxylic acids is 1. The van der Waals surface area contributed by atoms with Crippen molar-refractivity contribution in [2.24, 2.45) is 0 Å². The van der Waals surface area contributed by atoms with Crippen molar-refractivity contribution in [3.05, 3.63) is 34.9 Å². The molecule has 1 aromatic carbocycles. The van der Waals surface area contributed by atoms with E-state index in [2.05, 4.69) is 35.8 Å². The van der Waals surface area contributed by atoms with Gasteiger partial charge < -0.3 is 4.74 Å². The third kappa shape index (κ3) is 4.08. The summed E-state index contributed by atoms with van der Waals surface area (Å²) >= 11 is 0. The summed E-state index contributed by atoms with van der Waals surface area (Å²) in [5.41, 5.74) is 5.89. The highest BCUT2D eigenvalue weighted by Gasteiger charge is 2.09. The molecular formula is C14H18O2Si. The van der Waals surface area contributed by atoms with Crippen LogP contribution in [0.4, 0.5) is 0 Å². The smallest absolute Gasteiger partial charge is 0.337 e. The zero-order valence-corrected chi connectivity index (χ0v) is 12.0. The second kappa shape index (κ2) is 5.20. The Bertz CT molecular complexity index is 487. The van der Waals surface area contributed by atoms with E-state index >= 15 is 0 Å². The van der Waals surface area contributed by atoms with Gasteiger partial charge >= 0.3 is 5.97 Å². The summed E-state index contributed by atoms with van der Waals surface area (Å²) in [4.78, 5) is 11.3. The molecular weight excluding hydrogens is 228 g/mol. The zero-order valence-electron chi connectivity index (χ0n) is 11.0. The van der Waals surface area contributed by atoms with Crippen molar-refractivity contribution in [3.8, 4) is 11.5 Å². The van der Waals surface area contributed by atoms with Crippen molar-refractivity contribution < 1.29 is 9.53 Å². The Morgan fingerprint density at radius 3 is 2.41 bits per heavy atom. The number of carbonyl (C=O) groups is 1. The monoisotopic (exact) mass is 246 g/mol. The van der Waals surface area contributed by atoms with E-state index in [4.69, 9.17) is 0 Å². The van der Waals surface area contributed by atoms with Gasteiger partial charge in [-0.25, -0.2) is 4.79 Å². The molecule has 1 aromatic rings. The summed E-state index contributed by atoms with van der Waals surface area (Å²) in [6.45, 7) is 8.58. The summed E-state index contributed by atoms with van der Waals surface area (Å²) in [7, 11) is 0.0275. The molecule has 17 heavy (non-hydrogen) atoms. The first-order valence-electron chi connectivity index (χ1n) is 5.55. The predicted octanol–water partition coefficient (Wildman–Crippen LogP) is 3.01. The summed E-state index contributed by atoms with van der Waals surface area (Å²) in [6, 6.07) is 5.46. The van der Waals surface area contributed by atoms with Crippen LogP contribution < -0.4 is 0 Å². The summed E-state index contributed by atoms with van der Waals surface area (Å²) < 4.78 is 4.68. The largest absolute Gasteiger partial charge is 0.465 e. The lowest BCUT2D eigenvalue weighted by Gasteiger charge is -2.05. The van der Waals surface area contributed by atoms with Crippen LogP contribution in [0.3, 0.4) is 0 Å². The molecule has 0 heterocycles. The van der Waals surface area contributed by atoms with Crippen LogP contribution >= 0.6 is 0 Å². The standard InChI is InChI=1S/C14H18O2Si/c1-11-10-13(14(15)16-2)7-6-12(11)8-9-17(3,4)5/h6-7,10H,1-5H3. The Morgan fingerprint density at radius 2 is 1.94 bits per heavy atom. The molecule has 0 saturated carbocycles. The molecule has 0 spiro atoms. The number of methoxy groups -OCH3 is 1. The minimum atomic E-state index is -1.36. The van der Waals surface area contributed by atoms with Gasteiger partial charge in [-0.15, -0.1) is 5.54 Å². The molecule has 0 amide bonds. The molecule has 0 radical (unpaired) electrons. The maximum Gasteiger partial charge on any atom is 0.337 e. The van der Waals surface area contributed by atoms with Crippen LogP contribution in [0.1, 0.15) is 21.5 Å². The number of aryl methyl sites for hydroxylation is 1. The fourth-order valence-corrected chi connectivity index (χ4v) is 1.81. The van der Waals surface area contributed by atoms with Crippen molar-refractivity contribution in [2.45, 2.75) is 26.6 Å². The summed E-state index contributed by atoms with van der Waals surface area (Å²) in [5, 5.41) is 0. The fraction of sp³-hybridized carbons (Fsp3) is 0.357. The number of rotatable bonds is 1. The van der Waals surface area contributed by atoms with Crippen molar-refractivity contribution in [2.75, 3.05) is 7.11 Å². The van der Waals surface area contributed by atoms with Crippen LogP contribution in [0.15, 0.2) is 18.2 Å². The number of benzene rings is 1. The molecule has 1 rings (SSSR count). The van der Waals surface area contributed by atoms with E-state index < -0.39 is 8.07 Å². The molecule has 0 fully saturated rings. The molecule has 3 heteroatoms. The minimum absolute atomic E-state index is 0.308. The molecule has 0 bridgehead atoms. The van der Waals surface area contributed by atoms with Gasteiger partial charge in [0.15, 0.2) is 0 Å². The molecule has 0 unspecified atom stereocenters. The highest BCUT2D eigenvalue weighted by molar-refractivity contribution is 6.83. The quantitative estimate of drug-likeness (QED) is 0.432. The first kappa shape index (κ1) is 13.5. The molecule has 0 aliphatic carbocycles. The lowest BCUT2D eigenvalue weighted by molar-refractivity contribution is 0.0600. The first-order chi connectivity index (χ1) is 7.83. The van der Waals surface area contributed by atoms with Gasteiger partial charge in [-0.2, -0.15) is 0 Å². The van der Waals surface area contributed by atoms with Crippen molar-refractivity contribution in [1.82, 2.24) is 0 Å². The van der Waals surface area contributed by atoms with Crippen LogP contribution in [0.25, 0.3) is 0 Å². The van der Waals surface area contributed by atoms with E-state index in [-0.39, 0.29) is 5.97 Å². The number of esters is 1. The second-order valence-corrected chi connectivity index (χ2v) is 9.77. The lowest BCUT2D eigenvalue weighted by atomic mass is 10.1. The Kier molecular flexibility index (Phi) is 4.14. The van der Waals surface area contributed by atoms with Crippen LogP contribution in [-0.2, 0) is 4.74 Å². The van der Waals surface area contributed by atoms with E-state index in [0.717, 1.165) is 11.1 Å². The Balaban J connectivity index is 3.05. The molecule has 0 aromatic heterocycles. The molecule has 2 nitrogen and oxygen atoms in total. The van der Waals surface area contributed by atoms with Gasteiger partial charge in [-0.3, -0.25) is 0 Å². The second-order valence-electron chi connectivity index (χ2n) is 5.02. The van der Waals surface area contributed by atoms with Crippen LogP contribution in [0, 0.1) is 18.4 Å². The van der Waals surface area contributed by atoms with E-state index in [1.54, 1.807) is 6.07 Å². The number of ether oxygens (including phenoxy) is 1. The average Bonchev–Trinajstić information content (AvgIpc) is 2.25. The van der Waals surface area contributed by atoms with E-state index in [0.29, 0.717) is 5.56 Å². The summed E-state index contributed by atoms with van der Waals surface area (Å²) in [5.74, 6) is 2.89. The van der Waals surface area contributed by atoms with Crippen LogP contribution in [-0.4, -0.2) is 21.2 Å². The highest BCUT2D eigenvalue weighted by atomic mass is 28.3. The SMILES string of the molecule is COC(=O)c1ccc(C#C[Si](C)(C)C)c(C)c1. The zero-order chi connectivity index (χ0) is 13.1. The average molecular weight is 246 g/mol. The van der Waals surface area contributed by atoms with E-state index in [1.165, 1.54) is 7.11 Å². The molecule has 0 saturated heterocycles. The Hall–Kier alpha value is -1.53.